The van der Waals surface area contributed by atoms with Crippen LogP contribution in [0.2, 0.25) is 0 Å². The fraction of sp³-hybridized carbons (Fsp3) is 0.462. The zero-order chi connectivity index (χ0) is 13.3. The van der Waals surface area contributed by atoms with E-state index in [9.17, 15) is 4.39 Å². The smallest absolute Gasteiger partial charge is 0.201 e. The summed E-state index contributed by atoms with van der Waals surface area (Å²) in [5.41, 5.74) is 6.90. The molecule has 5 heteroatoms. The third-order valence-electron chi connectivity index (χ3n) is 2.81. The molecule has 0 spiro atoms. The Labute approximate surface area is 106 Å². The van der Waals surface area contributed by atoms with E-state index in [-0.39, 0.29) is 11.4 Å². The van der Waals surface area contributed by atoms with Crippen molar-refractivity contribution in [3.63, 3.8) is 0 Å². The topological polar surface area (TPSA) is 53.1 Å². The molecule has 1 heterocycles. The predicted octanol–water partition coefficient (Wildman–Crippen LogP) is 2.57. The summed E-state index contributed by atoms with van der Waals surface area (Å²) in [7, 11) is 0. The lowest BCUT2D eigenvalue weighted by Crippen LogP contribution is -2.31. The Morgan fingerprint density at radius 1 is 1.44 bits per heavy atom. The van der Waals surface area contributed by atoms with Gasteiger partial charge in [-0.1, -0.05) is 0 Å². The lowest BCUT2D eigenvalue weighted by Gasteiger charge is -2.25. The van der Waals surface area contributed by atoms with Crippen LogP contribution in [-0.2, 0) is 11.3 Å². The first-order valence-electron chi connectivity index (χ1n) is 5.98. The number of ether oxygens (including phenoxy) is 1. The second-order valence-corrected chi connectivity index (χ2v) is 4.88. The molecule has 0 unspecified atom stereocenters. The Morgan fingerprint density at radius 2 is 2.17 bits per heavy atom. The number of benzene rings is 1. The summed E-state index contributed by atoms with van der Waals surface area (Å²) < 4.78 is 20.7. The Morgan fingerprint density at radius 3 is 2.83 bits per heavy atom. The van der Waals surface area contributed by atoms with Crippen LogP contribution in [0.15, 0.2) is 18.2 Å². The normalized spacial score (nSPS) is 12.2. The van der Waals surface area contributed by atoms with Gasteiger partial charge in [-0.15, -0.1) is 0 Å². The molecule has 1 aromatic heterocycles. The van der Waals surface area contributed by atoms with E-state index in [1.165, 1.54) is 12.1 Å². The van der Waals surface area contributed by atoms with Gasteiger partial charge in [0.2, 0.25) is 5.95 Å². The minimum absolute atomic E-state index is 0.294. The average molecular weight is 251 g/mol. The largest absolute Gasteiger partial charge is 0.374 e. The minimum atomic E-state index is -0.372. The van der Waals surface area contributed by atoms with Gasteiger partial charge in [0.15, 0.2) is 0 Å². The number of imidazole rings is 1. The molecular formula is C13H18FN3O. The van der Waals surface area contributed by atoms with Crippen molar-refractivity contribution in [1.29, 1.82) is 0 Å². The first kappa shape index (κ1) is 12.8. The number of halogens is 1. The van der Waals surface area contributed by atoms with E-state index in [0.717, 1.165) is 0 Å². The number of rotatable bonds is 4. The zero-order valence-electron chi connectivity index (χ0n) is 10.9. The van der Waals surface area contributed by atoms with Crippen molar-refractivity contribution in [2.45, 2.75) is 32.9 Å². The van der Waals surface area contributed by atoms with E-state index < -0.39 is 0 Å². The molecule has 0 atom stereocenters. The number of hydrogen-bond donors (Lipinski definition) is 1. The zero-order valence-corrected chi connectivity index (χ0v) is 10.9. The van der Waals surface area contributed by atoms with Crippen molar-refractivity contribution in [2.24, 2.45) is 0 Å². The average Bonchev–Trinajstić information content (AvgIpc) is 2.55. The molecule has 0 aliphatic carbocycles. The summed E-state index contributed by atoms with van der Waals surface area (Å²) in [6.45, 7) is 7.04. The maximum absolute atomic E-state index is 13.3. The van der Waals surface area contributed by atoms with Gasteiger partial charge in [-0.3, -0.25) is 0 Å². The standard InChI is InChI=1S/C13H18FN3O/c1-4-18-13(2,3)8-17-11-7-9(14)5-6-10(11)16-12(17)15/h5-7H,4,8H2,1-3H3,(H2,15,16). The summed E-state index contributed by atoms with van der Waals surface area (Å²) in [6.07, 6.45) is 0. The number of nitrogen functional groups attached to an aromatic ring is 1. The summed E-state index contributed by atoms with van der Waals surface area (Å²) in [4.78, 5) is 4.22. The van der Waals surface area contributed by atoms with Gasteiger partial charge in [0.25, 0.3) is 0 Å². The maximum atomic E-state index is 13.3. The highest BCUT2D eigenvalue weighted by atomic mass is 19.1. The van der Waals surface area contributed by atoms with Crippen LogP contribution >= 0.6 is 0 Å². The summed E-state index contributed by atoms with van der Waals surface area (Å²) in [5.74, 6) is 0.0845. The van der Waals surface area contributed by atoms with Gasteiger partial charge >= 0.3 is 0 Å². The maximum Gasteiger partial charge on any atom is 0.201 e. The van der Waals surface area contributed by atoms with Crippen LogP contribution in [0.3, 0.4) is 0 Å². The molecule has 18 heavy (non-hydrogen) atoms. The van der Waals surface area contributed by atoms with Crippen LogP contribution in [-0.4, -0.2) is 21.8 Å². The summed E-state index contributed by atoms with van der Waals surface area (Å²) in [6, 6.07) is 4.46. The van der Waals surface area contributed by atoms with E-state index in [0.29, 0.717) is 30.1 Å². The number of hydrogen-bond acceptors (Lipinski definition) is 3. The van der Waals surface area contributed by atoms with Crippen LogP contribution in [0.1, 0.15) is 20.8 Å². The number of nitrogens with zero attached hydrogens (tertiary/aromatic N) is 2. The van der Waals surface area contributed by atoms with Crippen molar-refractivity contribution in [3.05, 3.63) is 24.0 Å². The molecule has 0 radical (unpaired) electrons. The molecule has 0 bridgehead atoms. The molecule has 2 aromatic rings. The van der Waals surface area contributed by atoms with Gasteiger partial charge in [0.1, 0.15) is 5.82 Å². The van der Waals surface area contributed by atoms with E-state index in [1.54, 1.807) is 10.6 Å². The molecule has 2 N–H and O–H groups in total. The molecule has 0 aliphatic rings. The molecule has 0 saturated carbocycles. The number of nitrogens with two attached hydrogens (primary N) is 1. The molecule has 0 saturated heterocycles. The Hall–Kier alpha value is -1.62. The highest BCUT2D eigenvalue weighted by Gasteiger charge is 2.21. The van der Waals surface area contributed by atoms with Gasteiger partial charge in [0, 0.05) is 6.61 Å². The first-order chi connectivity index (χ1) is 8.43. The Bertz CT molecular complexity index is 563. The van der Waals surface area contributed by atoms with Crippen molar-refractivity contribution >= 4 is 17.0 Å². The second kappa shape index (κ2) is 4.57. The lowest BCUT2D eigenvalue weighted by molar-refractivity contribution is -0.0212. The second-order valence-electron chi connectivity index (χ2n) is 4.88. The van der Waals surface area contributed by atoms with Gasteiger partial charge < -0.3 is 15.0 Å². The summed E-state index contributed by atoms with van der Waals surface area (Å²) >= 11 is 0. The van der Waals surface area contributed by atoms with Crippen LogP contribution in [0, 0.1) is 5.82 Å². The molecular weight excluding hydrogens is 233 g/mol. The molecule has 98 valence electrons. The molecule has 2 rings (SSSR count). The molecule has 0 amide bonds. The van der Waals surface area contributed by atoms with Crippen LogP contribution < -0.4 is 5.73 Å². The monoisotopic (exact) mass is 251 g/mol. The number of anilines is 1. The highest BCUT2D eigenvalue weighted by molar-refractivity contribution is 5.78. The molecule has 0 fully saturated rings. The third-order valence-corrected chi connectivity index (χ3v) is 2.81. The summed E-state index contributed by atoms with van der Waals surface area (Å²) in [5, 5.41) is 0. The fourth-order valence-electron chi connectivity index (χ4n) is 2.10. The minimum Gasteiger partial charge on any atom is -0.374 e. The first-order valence-corrected chi connectivity index (χ1v) is 5.98. The van der Waals surface area contributed by atoms with Crippen molar-refractivity contribution < 1.29 is 9.13 Å². The van der Waals surface area contributed by atoms with E-state index >= 15 is 0 Å². The van der Waals surface area contributed by atoms with E-state index in [1.807, 2.05) is 20.8 Å². The van der Waals surface area contributed by atoms with Crippen molar-refractivity contribution in [1.82, 2.24) is 9.55 Å². The van der Waals surface area contributed by atoms with Crippen LogP contribution in [0.5, 0.6) is 0 Å². The molecule has 1 aromatic carbocycles. The van der Waals surface area contributed by atoms with Crippen molar-refractivity contribution in [2.75, 3.05) is 12.3 Å². The molecule has 0 aliphatic heterocycles. The fourth-order valence-corrected chi connectivity index (χ4v) is 2.10. The predicted molar refractivity (Wildman–Crippen MR) is 69.8 cm³/mol. The van der Waals surface area contributed by atoms with Crippen LogP contribution in [0.4, 0.5) is 10.3 Å². The van der Waals surface area contributed by atoms with Gasteiger partial charge in [0.05, 0.1) is 23.2 Å². The Kier molecular flexibility index (Phi) is 3.26. The van der Waals surface area contributed by atoms with E-state index in [2.05, 4.69) is 4.98 Å². The lowest BCUT2D eigenvalue weighted by atomic mass is 10.1. The van der Waals surface area contributed by atoms with Gasteiger partial charge in [-0.2, -0.15) is 0 Å². The third kappa shape index (κ3) is 2.46. The van der Waals surface area contributed by atoms with Crippen molar-refractivity contribution in [3.8, 4) is 0 Å². The van der Waals surface area contributed by atoms with E-state index in [4.69, 9.17) is 10.5 Å². The molecule has 4 nitrogen and oxygen atoms in total. The SMILES string of the molecule is CCOC(C)(C)Cn1c(N)nc2ccc(F)cc21. The van der Waals surface area contributed by atoms with Gasteiger partial charge in [-0.05, 0) is 39.0 Å². The number of fused-ring (bicyclic) bond motifs is 1. The Balaban J connectivity index is 2.43. The van der Waals surface area contributed by atoms with Gasteiger partial charge in [-0.25, -0.2) is 9.37 Å². The number of aromatic nitrogens is 2. The highest BCUT2D eigenvalue weighted by Crippen LogP contribution is 2.23. The van der Waals surface area contributed by atoms with Crippen LogP contribution in [0.25, 0.3) is 11.0 Å². The quantitative estimate of drug-likeness (QED) is 0.908.